The van der Waals surface area contributed by atoms with Gasteiger partial charge < -0.3 is 5.11 Å². The first-order chi connectivity index (χ1) is 23.1. The molecule has 0 amide bonds. The first-order valence-electron chi connectivity index (χ1n) is 17.9. The van der Waals surface area contributed by atoms with Crippen molar-refractivity contribution in [3.63, 3.8) is 0 Å². The molecular formula is C45H53IrN2O2-. The van der Waals surface area contributed by atoms with E-state index in [4.69, 9.17) is 9.97 Å². The number of aromatic nitrogens is 2. The monoisotopic (exact) mass is 846 g/mol. The molecule has 0 bridgehead atoms. The third-order valence-corrected chi connectivity index (χ3v) is 11.6. The fourth-order valence-electron chi connectivity index (χ4n) is 7.34. The van der Waals surface area contributed by atoms with Crippen LogP contribution in [0.5, 0.6) is 0 Å². The summed E-state index contributed by atoms with van der Waals surface area (Å²) in [5.74, 6) is 0.286. The number of aryl methyl sites for hydroxylation is 3. The quantitative estimate of drug-likeness (QED) is 0.0960. The van der Waals surface area contributed by atoms with Gasteiger partial charge in [0, 0.05) is 53.7 Å². The Bertz CT molecular complexity index is 2080. The van der Waals surface area contributed by atoms with E-state index in [0.717, 1.165) is 48.0 Å². The third kappa shape index (κ3) is 6.97. The van der Waals surface area contributed by atoms with Crippen LogP contribution in [0.15, 0.2) is 72.8 Å². The third-order valence-electron chi connectivity index (χ3n) is 11.6. The molecule has 0 saturated carbocycles. The maximum absolute atomic E-state index is 12.2. The van der Waals surface area contributed by atoms with Gasteiger partial charge in [0.2, 0.25) is 0 Å². The van der Waals surface area contributed by atoms with Crippen molar-refractivity contribution >= 4 is 27.3 Å². The molecule has 0 saturated heterocycles. The summed E-state index contributed by atoms with van der Waals surface area (Å²) in [6.45, 7) is 23.2. The molecule has 0 unspecified atom stereocenters. The Hall–Kier alpha value is -3.66. The number of rotatable bonds is 8. The number of hydrogen-bond donors (Lipinski definition) is 1. The minimum absolute atomic E-state index is 0. The van der Waals surface area contributed by atoms with Crippen LogP contribution in [0.4, 0.5) is 0 Å². The SMILES string of the molecule is CCC(C)(CC)C(=O)/C=C(\O)C(C)(CC)CC.Cc1cc(C)c2c(C)cc(-c3ncnc4c3C(C)(C)c3cc5ccccc5cc3-4)[c-]c2c1.[Ir]. The van der Waals surface area contributed by atoms with E-state index in [1.807, 2.05) is 41.5 Å². The van der Waals surface area contributed by atoms with Gasteiger partial charge in [0.1, 0.15) is 12.1 Å². The summed E-state index contributed by atoms with van der Waals surface area (Å²) in [6, 6.07) is 23.6. The summed E-state index contributed by atoms with van der Waals surface area (Å²) in [4.78, 5) is 21.8. The van der Waals surface area contributed by atoms with Crippen molar-refractivity contribution in [3.8, 4) is 22.5 Å². The molecule has 0 spiro atoms. The Labute approximate surface area is 313 Å². The zero-order valence-corrected chi connectivity index (χ0v) is 34.2. The van der Waals surface area contributed by atoms with E-state index >= 15 is 0 Å². The van der Waals surface area contributed by atoms with E-state index in [1.54, 1.807) is 6.33 Å². The Morgan fingerprint density at radius 2 is 1.38 bits per heavy atom. The van der Waals surface area contributed by atoms with Crippen molar-refractivity contribution in [3.05, 3.63) is 107 Å². The van der Waals surface area contributed by atoms with Gasteiger partial charge in [-0.2, -0.15) is 0 Å². The number of aliphatic hydroxyl groups excluding tert-OH is 1. The number of allylic oxidation sites excluding steroid dienone is 2. The number of ketones is 1. The number of nitrogens with zero attached hydrogens (tertiary/aromatic N) is 2. The Morgan fingerprint density at radius 1 is 0.820 bits per heavy atom. The Balaban J connectivity index is 0.000000269. The molecule has 5 heteroatoms. The first kappa shape index (κ1) is 39.1. The van der Waals surface area contributed by atoms with Crippen LogP contribution >= 0.6 is 0 Å². The number of fused-ring (bicyclic) bond motifs is 5. The van der Waals surface area contributed by atoms with Crippen LogP contribution in [0.3, 0.4) is 0 Å². The zero-order chi connectivity index (χ0) is 35.9. The molecule has 4 nitrogen and oxygen atoms in total. The smallest absolute Gasteiger partial charge is 0.164 e. The summed E-state index contributed by atoms with van der Waals surface area (Å²) in [7, 11) is 0. The average molecular weight is 846 g/mol. The minimum Gasteiger partial charge on any atom is -0.512 e. The molecule has 1 aliphatic carbocycles. The molecule has 1 radical (unpaired) electrons. The second kappa shape index (κ2) is 14.9. The second-order valence-corrected chi connectivity index (χ2v) is 15.1. The predicted octanol–water partition coefficient (Wildman–Crippen LogP) is 12.1. The fraction of sp³-hybridized carbons (Fsp3) is 0.400. The topological polar surface area (TPSA) is 63.1 Å². The molecule has 5 aromatic rings. The van der Waals surface area contributed by atoms with E-state index in [0.29, 0.717) is 0 Å². The second-order valence-electron chi connectivity index (χ2n) is 15.1. The van der Waals surface area contributed by atoms with Gasteiger partial charge in [-0.25, -0.2) is 4.98 Å². The largest absolute Gasteiger partial charge is 0.512 e. The van der Waals surface area contributed by atoms with Crippen LogP contribution in [0.1, 0.15) is 109 Å². The van der Waals surface area contributed by atoms with E-state index in [2.05, 4.69) is 95.3 Å². The molecule has 0 aliphatic heterocycles. The molecule has 265 valence electrons. The van der Waals surface area contributed by atoms with E-state index < -0.39 is 0 Å². The maximum Gasteiger partial charge on any atom is 0.164 e. The van der Waals surface area contributed by atoms with Crippen molar-refractivity contribution in [2.45, 2.75) is 107 Å². The van der Waals surface area contributed by atoms with Gasteiger partial charge in [0.25, 0.3) is 0 Å². The fourth-order valence-corrected chi connectivity index (χ4v) is 7.34. The van der Waals surface area contributed by atoms with Gasteiger partial charge in [-0.05, 0) is 73.6 Å². The normalized spacial score (nSPS) is 13.7. The maximum atomic E-state index is 12.2. The van der Waals surface area contributed by atoms with E-state index in [-0.39, 0.29) is 47.9 Å². The van der Waals surface area contributed by atoms with Crippen LogP contribution in [-0.2, 0) is 30.3 Å². The standard InChI is InChI=1S/C30H25N2.C15H28O2.Ir/c1-17-10-18(2)26-19(3)12-23(13-22(26)11-17)28-27-29(32-16-31-28)24-14-20-8-6-7-9-21(20)15-25(24)30(27,4)5;1-7-14(5,8-2)12(16)11-13(17)15(6,9-3)10-4;/h6-12,14-16H,1-5H3;11,16H,7-10H2,1-6H3;/q-1;;/b;12-11-;. The summed E-state index contributed by atoms with van der Waals surface area (Å²) in [5, 5.41) is 15.1. The van der Waals surface area contributed by atoms with Crippen molar-refractivity contribution in [1.29, 1.82) is 0 Å². The average Bonchev–Trinajstić information content (AvgIpc) is 3.31. The summed E-state index contributed by atoms with van der Waals surface area (Å²) in [6.07, 6.45) is 6.47. The molecule has 6 rings (SSSR count). The molecular weight excluding hydrogens is 793 g/mol. The predicted molar refractivity (Wildman–Crippen MR) is 206 cm³/mol. The van der Waals surface area contributed by atoms with Crippen molar-refractivity contribution in [1.82, 2.24) is 9.97 Å². The Morgan fingerprint density at radius 3 is 1.98 bits per heavy atom. The van der Waals surface area contributed by atoms with E-state index in [9.17, 15) is 9.90 Å². The number of benzene rings is 4. The van der Waals surface area contributed by atoms with Gasteiger partial charge in [0.05, 0.1) is 5.69 Å². The van der Waals surface area contributed by atoms with Crippen molar-refractivity contribution in [2.24, 2.45) is 10.8 Å². The molecule has 0 atom stereocenters. The van der Waals surface area contributed by atoms with Crippen LogP contribution < -0.4 is 0 Å². The number of carbonyl (C=O) groups excluding carboxylic acids is 1. The molecule has 1 heterocycles. The summed E-state index contributed by atoms with van der Waals surface area (Å²) >= 11 is 0. The van der Waals surface area contributed by atoms with Crippen molar-refractivity contribution < 1.29 is 30.0 Å². The number of carbonyl (C=O) groups is 1. The molecule has 4 aromatic carbocycles. The molecule has 1 aromatic heterocycles. The minimum atomic E-state index is -0.337. The molecule has 50 heavy (non-hydrogen) atoms. The van der Waals surface area contributed by atoms with Crippen LogP contribution in [0.25, 0.3) is 44.1 Å². The number of hydrogen-bond acceptors (Lipinski definition) is 4. The van der Waals surface area contributed by atoms with Crippen LogP contribution in [0, 0.1) is 37.7 Å². The summed E-state index contributed by atoms with van der Waals surface area (Å²) in [5.41, 5.74) is 9.85. The van der Waals surface area contributed by atoms with Gasteiger partial charge >= 0.3 is 0 Å². The van der Waals surface area contributed by atoms with Crippen molar-refractivity contribution in [2.75, 3.05) is 0 Å². The van der Waals surface area contributed by atoms with Gasteiger partial charge in [-0.15, -0.1) is 29.1 Å². The van der Waals surface area contributed by atoms with Crippen LogP contribution in [0.2, 0.25) is 0 Å². The molecule has 1 N–H and O–H groups in total. The zero-order valence-electron chi connectivity index (χ0n) is 31.8. The molecule has 0 fully saturated rings. The van der Waals surface area contributed by atoms with Crippen LogP contribution in [-0.4, -0.2) is 20.9 Å². The number of aliphatic hydroxyl groups is 1. The van der Waals surface area contributed by atoms with E-state index in [1.165, 1.54) is 55.6 Å². The Kier molecular flexibility index (Phi) is 11.7. The summed E-state index contributed by atoms with van der Waals surface area (Å²) < 4.78 is 0. The van der Waals surface area contributed by atoms with Gasteiger partial charge in [-0.1, -0.05) is 115 Å². The van der Waals surface area contributed by atoms with Gasteiger partial charge in [-0.3, -0.25) is 9.78 Å². The first-order valence-corrected chi connectivity index (χ1v) is 17.9. The van der Waals surface area contributed by atoms with Gasteiger partial charge in [0.15, 0.2) is 5.78 Å². The molecule has 1 aliphatic rings.